The molecule has 0 saturated carbocycles. The van der Waals surface area contributed by atoms with Gasteiger partial charge in [0.2, 0.25) is 0 Å². The Kier molecular flexibility index (Phi) is 4.47. The zero-order valence-electron chi connectivity index (χ0n) is 10.6. The van der Waals surface area contributed by atoms with Gasteiger partial charge in [0.1, 0.15) is 0 Å². The minimum atomic E-state index is 0.172. The van der Waals surface area contributed by atoms with Crippen molar-refractivity contribution in [2.75, 3.05) is 6.54 Å². The van der Waals surface area contributed by atoms with Gasteiger partial charge in [-0.2, -0.15) is 0 Å². The van der Waals surface area contributed by atoms with Gasteiger partial charge in [-0.25, -0.2) is 9.67 Å². The van der Waals surface area contributed by atoms with Crippen LogP contribution in [-0.4, -0.2) is 26.5 Å². The summed E-state index contributed by atoms with van der Waals surface area (Å²) in [6.07, 6.45) is 0.845. The van der Waals surface area contributed by atoms with E-state index in [9.17, 15) is 0 Å². The molecule has 98 valence electrons. The molecule has 1 N–H and O–H groups in total. The molecule has 0 aliphatic carbocycles. The minimum Gasteiger partial charge on any atom is -0.309 e. The van der Waals surface area contributed by atoms with E-state index in [1.165, 1.54) is 0 Å². The van der Waals surface area contributed by atoms with Crippen LogP contribution in [0.5, 0.6) is 0 Å². The number of thiazole rings is 1. The highest BCUT2D eigenvalue weighted by molar-refractivity contribution is 9.10. The zero-order chi connectivity index (χ0) is 13.1. The van der Waals surface area contributed by atoms with Crippen LogP contribution in [0.25, 0.3) is 0 Å². The molecule has 5 nitrogen and oxygen atoms in total. The van der Waals surface area contributed by atoms with Gasteiger partial charge < -0.3 is 5.32 Å². The molecule has 0 spiro atoms. The van der Waals surface area contributed by atoms with Crippen molar-refractivity contribution < 1.29 is 0 Å². The average Bonchev–Trinajstić information content (AvgIpc) is 2.86. The van der Waals surface area contributed by atoms with Crippen LogP contribution in [0, 0.1) is 6.92 Å². The summed E-state index contributed by atoms with van der Waals surface area (Å²) >= 11 is 5.14. The highest BCUT2D eigenvalue weighted by Gasteiger charge is 2.20. The van der Waals surface area contributed by atoms with Gasteiger partial charge in [-0.05, 0) is 29.4 Å². The van der Waals surface area contributed by atoms with Crippen molar-refractivity contribution in [3.05, 3.63) is 26.4 Å². The SMILES string of the molecule is CCNC(Cc1csc(C)n1)c1c(Br)nnn1C. The second kappa shape index (κ2) is 5.90. The largest absolute Gasteiger partial charge is 0.309 e. The molecule has 1 unspecified atom stereocenters. The standard InChI is InChI=1S/C11H16BrN5S/c1-4-13-9(5-8-6-18-7(2)14-8)10-11(12)15-16-17(10)3/h6,9,13H,4-5H2,1-3H3. The Hall–Kier alpha value is -0.790. The highest BCUT2D eigenvalue weighted by atomic mass is 79.9. The Labute approximate surface area is 119 Å². The lowest BCUT2D eigenvalue weighted by molar-refractivity contribution is 0.501. The summed E-state index contributed by atoms with van der Waals surface area (Å²) in [4.78, 5) is 4.52. The van der Waals surface area contributed by atoms with Gasteiger partial charge in [-0.3, -0.25) is 0 Å². The fourth-order valence-corrected chi connectivity index (χ4v) is 3.16. The molecule has 0 saturated heterocycles. The summed E-state index contributed by atoms with van der Waals surface area (Å²) in [5.74, 6) is 0. The Morgan fingerprint density at radius 1 is 1.56 bits per heavy atom. The summed E-state index contributed by atoms with van der Waals surface area (Å²) in [5, 5.41) is 14.7. The van der Waals surface area contributed by atoms with Crippen LogP contribution < -0.4 is 5.32 Å². The van der Waals surface area contributed by atoms with Gasteiger partial charge in [-0.1, -0.05) is 12.1 Å². The van der Waals surface area contributed by atoms with E-state index >= 15 is 0 Å². The van der Waals surface area contributed by atoms with Gasteiger partial charge in [0.25, 0.3) is 0 Å². The maximum atomic E-state index is 4.52. The van der Waals surface area contributed by atoms with Crippen LogP contribution in [-0.2, 0) is 13.5 Å². The Morgan fingerprint density at radius 2 is 2.33 bits per heavy atom. The molecule has 1 atom stereocenters. The molecule has 2 aromatic rings. The fraction of sp³-hybridized carbons (Fsp3) is 0.545. The number of hydrogen-bond donors (Lipinski definition) is 1. The number of nitrogens with one attached hydrogen (secondary N) is 1. The van der Waals surface area contributed by atoms with Crippen molar-refractivity contribution in [2.24, 2.45) is 7.05 Å². The molecule has 0 amide bonds. The summed E-state index contributed by atoms with van der Waals surface area (Å²) in [7, 11) is 1.91. The predicted octanol–water partition coefficient (Wildman–Crippen LogP) is 2.24. The van der Waals surface area contributed by atoms with Gasteiger partial charge in [0.15, 0.2) is 4.60 Å². The number of aryl methyl sites for hydroxylation is 2. The van der Waals surface area contributed by atoms with E-state index in [4.69, 9.17) is 0 Å². The minimum absolute atomic E-state index is 0.172. The first-order valence-electron chi connectivity index (χ1n) is 5.81. The van der Waals surface area contributed by atoms with Crippen LogP contribution in [0.1, 0.15) is 29.4 Å². The third kappa shape index (κ3) is 2.96. The smallest absolute Gasteiger partial charge is 0.153 e. The fourth-order valence-electron chi connectivity index (χ4n) is 1.93. The number of aromatic nitrogens is 4. The first-order valence-corrected chi connectivity index (χ1v) is 7.48. The van der Waals surface area contributed by atoms with Gasteiger partial charge in [-0.15, -0.1) is 16.4 Å². The predicted molar refractivity (Wildman–Crippen MR) is 75.7 cm³/mol. The maximum absolute atomic E-state index is 4.52. The van der Waals surface area contributed by atoms with Crippen molar-refractivity contribution in [3.63, 3.8) is 0 Å². The lowest BCUT2D eigenvalue weighted by atomic mass is 10.1. The van der Waals surface area contributed by atoms with E-state index in [0.717, 1.165) is 34.0 Å². The number of hydrogen-bond acceptors (Lipinski definition) is 5. The number of rotatable bonds is 5. The van der Waals surface area contributed by atoms with E-state index in [0.29, 0.717) is 0 Å². The van der Waals surface area contributed by atoms with E-state index in [-0.39, 0.29) is 6.04 Å². The molecular formula is C11H16BrN5S. The summed E-state index contributed by atoms with van der Waals surface area (Å²) in [6, 6.07) is 0.172. The monoisotopic (exact) mass is 329 g/mol. The van der Waals surface area contributed by atoms with Crippen molar-refractivity contribution >= 4 is 27.3 Å². The van der Waals surface area contributed by atoms with Crippen molar-refractivity contribution in [2.45, 2.75) is 26.3 Å². The first-order chi connectivity index (χ1) is 8.61. The van der Waals surface area contributed by atoms with Crippen LogP contribution in [0.3, 0.4) is 0 Å². The molecule has 0 aliphatic heterocycles. The Balaban J connectivity index is 2.23. The molecule has 0 fully saturated rings. The van der Waals surface area contributed by atoms with Gasteiger partial charge >= 0.3 is 0 Å². The number of nitrogens with zero attached hydrogens (tertiary/aromatic N) is 4. The normalized spacial score (nSPS) is 12.9. The number of likely N-dealkylation sites (N-methyl/N-ethyl adjacent to an activating group) is 1. The molecule has 0 bridgehead atoms. The molecule has 0 aliphatic rings. The average molecular weight is 330 g/mol. The lowest BCUT2D eigenvalue weighted by Gasteiger charge is -2.17. The quantitative estimate of drug-likeness (QED) is 0.913. The number of halogens is 1. The third-order valence-electron chi connectivity index (χ3n) is 2.69. The van der Waals surface area contributed by atoms with E-state index in [1.54, 1.807) is 16.0 Å². The van der Waals surface area contributed by atoms with E-state index < -0.39 is 0 Å². The molecule has 18 heavy (non-hydrogen) atoms. The molecule has 7 heteroatoms. The molecular weight excluding hydrogens is 314 g/mol. The van der Waals surface area contributed by atoms with E-state index in [2.05, 4.69) is 48.8 Å². The molecule has 0 radical (unpaired) electrons. The first kappa shape index (κ1) is 13.6. The summed E-state index contributed by atoms with van der Waals surface area (Å²) in [5.41, 5.74) is 2.17. The molecule has 0 aromatic carbocycles. The van der Waals surface area contributed by atoms with Crippen molar-refractivity contribution in [1.29, 1.82) is 0 Å². The second-order valence-electron chi connectivity index (χ2n) is 4.06. The maximum Gasteiger partial charge on any atom is 0.153 e. The second-order valence-corrected chi connectivity index (χ2v) is 5.87. The van der Waals surface area contributed by atoms with Crippen molar-refractivity contribution in [1.82, 2.24) is 25.3 Å². The topological polar surface area (TPSA) is 55.6 Å². The van der Waals surface area contributed by atoms with E-state index in [1.807, 2.05) is 14.0 Å². The van der Waals surface area contributed by atoms with Crippen molar-refractivity contribution in [3.8, 4) is 0 Å². The Bertz CT molecular complexity index is 502. The summed E-state index contributed by atoms with van der Waals surface area (Å²) in [6.45, 7) is 5.01. The van der Waals surface area contributed by atoms with Gasteiger partial charge in [0, 0.05) is 18.8 Å². The molecule has 2 aromatic heterocycles. The molecule has 2 heterocycles. The zero-order valence-corrected chi connectivity index (χ0v) is 13.0. The Morgan fingerprint density at radius 3 is 2.83 bits per heavy atom. The van der Waals surface area contributed by atoms with Gasteiger partial charge in [0.05, 0.1) is 22.4 Å². The van der Waals surface area contributed by atoms with Crippen LogP contribution in [0.2, 0.25) is 0 Å². The highest BCUT2D eigenvalue weighted by Crippen LogP contribution is 2.24. The van der Waals surface area contributed by atoms with Crippen LogP contribution in [0.15, 0.2) is 9.98 Å². The van der Waals surface area contributed by atoms with Crippen LogP contribution in [0.4, 0.5) is 0 Å². The molecule has 2 rings (SSSR count). The summed E-state index contributed by atoms with van der Waals surface area (Å²) < 4.78 is 2.60. The van der Waals surface area contributed by atoms with Crippen LogP contribution >= 0.6 is 27.3 Å². The third-order valence-corrected chi connectivity index (χ3v) is 4.07. The lowest BCUT2D eigenvalue weighted by Crippen LogP contribution is -2.25.